The summed E-state index contributed by atoms with van der Waals surface area (Å²) in [6.45, 7) is 3.99. The van der Waals surface area contributed by atoms with Crippen LogP contribution < -0.4 is 10.9 Å². The molecule has 120 valence electrons. The first kappa shape index (κ1) is 15.7. The molecule has 0 saturated heterocycles. The van der Waals surface area contributed by atoms with Crippen LogP contribution in [0, 0.1) is 13.8 Å². The number of nitrogens with one attached hydrogen (secondary N) is 2. The molecule has 0 spiro atoms. The van der Waals surface area contributed by atoms with E-state index in [2.05, 4.69) is 10.3 Å². The summed E-state index contributed by atoms with van der Waals surface area (Å²) in [6, 6.07) is 18.5. The fourth-order valence-electron chi connectivity index (χ4n) is 2.46. The Hall–Kier alpha value is -3.14. The number of carbonyl (C=O) groups excluding carboxylic acids is 1. The summed E-state index contributed by atoms with van der Waals surface area (Å²) in [6.07, 6.45) is 0. The minimum atomic E-state index is -0.417. The van der Waals surface area contributed by atoms with E-state index in [0.717, 1.165) is 16.7 Å². The molecular formula is C20H18N2O2. The van der Waals surface area contributed by atoms with Crippen molar-refractivity contribution in [3.05, 3.63) is 87.7 Å². The lowest BCUT2D eigenvalue weighted by atomic mass is 10.1. The highest BCUT2D eigenvalue weighted by Crippen LogP contribution is 2.16. The molecule has 3 rings (SSSR count). The highest BCUT2D eigenvalue weighted by atomic mass is 16.2. The van der Waals surface area contributed by atoms with E-state index in [1.807, 2.05) is 62.4 Å². The third-order valence-corrected chi connectivity index (χ3v) is 4.00. The van der Waals surface area contributed by atoms with Crippen molar-refractivity contribution in [3.63, 3.8) is 0 Å². The smallest absolute Gasteiger partial charge is 0.261 e. The zero-order valence-electron chi connectivity index (χ0n) is 13.6. The van der Waals surface area contributed by atoms with E-state index in [9.17, 15) is 9.59 Å². The third-order valence-electron chi connectivity index (χ3n) is 4.00. The molecule has 0 unspecified atom stereocenters. The summed E-state index contributed by atoms with van der Waals surface area (Å²) in [5.74, 6) is -0.417. The van der Waals surface area contributed by atoms with Gasteiger partial charge in [-0.1, -0.05) is 36.4 Å². The predicted molar refractivity (Wildman–Crippen MR) is 96.4 cm³/mol. The highest BCUT2D eigenvalue weighted by molar-refractivity contribution is 6.04. The van der Waals surface area contributed by atoms with E-state index < -0.39 is 11.5 Å². The molecule has 0 bridgehead atoms. The average Bonchev–Trinajstić information content (AvgIpc) is 2.59. The van der Waals surface area contributed by atoms with Gasteiger partial charge in [-0.25, -0.2) is 0 Å². The summed E-state index contributed by atoms with van der Waals surface area (Å²) < 4.78 is 0. The van der Waals surface area contributed by atoms with Crippen LogP contribution in [0.3, 0.4) is 0 Å². The first-order valence-corrected chi connectivity index (χ1v) is 7.72. The van der Waals surface area contributed by atoms with Gasteiger partial charge in [0.1, 0.15) is 5.56 Å². The molecule has 0 aliphatic rings. The number of benzene rings is 2. The fourth-order valence-corrected chi connectivity index (χ4v) is 2.46. The summed E-state index contributed by atoms with van der Waals surface area (Å²) in [4.78, 5) is 27.4. The van der Waals surface area contributed by atoms with Gasteiger partial charge in [-0.2, -0.15) is 0 Å². The van der Waals surface area contributed by atoms with Gasteiger partial charge in [0.15, 0.2) is 0 Å². The van der Waals surface area contributed by atoms with Crippen LogP contribution in [0.5, 0.6) is 0 Å². The Morgan fingerprint density at radius 1 is 0.917 bits per heavy atom. The zero-order valence-corrected chi connectivity index (χ0v) is 13.6. The lowest BCUT2D eigenvalue weighted by Crippen LogP contribution is -2.23. The molecule has 1 heterocycles. The molecule has 0 atom stereocenters. The number of carbonyl (C=O) groups is 1. The molecule has 1 aromatic heterocycles. The summed E-state index contributed by atoms with van der Waals surface area (Å²) >= 11 is 0. The van der Waals surface area contributed by atoms with Gasteiger partial charge in [0.25, 0.3) is 11.5 Å². The van der Waals surface area contributed by atoms with Crippen LogP contribution in [-0.4, -0.2) is 10.9 Å². The standard InChI is InChI=1S/C20H18N2O2/c1-13-8-9-16(12-14(13)2)21-19(23)17-10-11-18(22-20(17)24)15-6-4-3-5-7-15/h3-12H,1-2H3,(H,21,23)(H,22,24). The zero-order chi connectivity index (χ0) is 17.1. The maximum absolute atomic E-state index is 12.3. The van der Waals surface area contributed by atoms with Crippen molar-refractivity contribution in [1.82, 2.24) is 4.98 Å². The van der Waals surface area contributed by atoms with E-state index in [1.165, 1.54) is 0 Å². The number of anilines is 1. The molecule has 0 fully saturated rings. The molecule has 2 N–H and O–H groups in total. The second-order valence-electron chi connectivity index (χ2n) is 5.73. The monoisotopic (exact) mass is 318 g/mol. The molecule has 0 aliphatic heterocycles. The van der Waals surface area contributed by atoms with Crippen molar-refractivity contribution in [2.45, 2.75) is 13.8 Å². The van der Waals surface area contributed by atoms with Crippen molar-refractivity contribution >= 4 is 11.6 Å². The molecule has 3 aromatic rings. The highest BCUT2D eigenvalue weighted by Gasteiger charge is 2.12. The van der Waals surface area contributed by atoms with Gasteiger partial charge in [0.2, 0.25) is 0 Å². The molecule has 1 amide bonds. The quantitative estimate of drug-likeness (QED) is 0.769. The lowest BCUT2D eigenvalue weighted by Gasteiger charge is -2.08. The number of hydrogen-bond donors (Lipinski definition) is 2. The average molecular weight is 318 g/mol. The van der Waals surface area contributed by atoms with E-state index in [0.29, 0.717) is 11.4 Å². The van der Waals surface area contributed by atoms with E-state index in [1.54, 1.807) is 12.1 Å². The van der Waals surface area contributed by atoms with Crippen molar-refractivity contribution < 1.29 is 4.79 Å². The Balaban J connectivity index is 1.85. The first-order chi connectivity index (χ1) is 11.5. The molecule has 24 heavy (non-hydrogen) atoms. The number of aryl methyl sites for hydroxylation is 2. The van der Waals surface area contributed by atoms with Gasteiger partial charge in [0.05, 0.1) is 0 Å². The van der Waals surface area contributed by atoms with Crippen LogP contribution in [0.4, 0.5) is 5.69 Å². The molecule has 2 aromatic carbocycles. The second kappa shape index (κ2) is 6.54. The number of aromatic amines is 1. The largest absolute Gasteiger partial charge is 0.322 e. The topological polar surface area (TPSA) is 62.0 Å². The number of amides is 1. The van der Waals surface area contributed by atoms with E-state index >= 15 is 0 Å². The van der Waals surface area contributed by atoms with Crippen molar-refractivity contribution in [1.29, 1.82) is 0 Å². The van der Waals surface area contributed by atoms with Crippen LogP contribution in [0.2, 0.25) is 0 Å². The molecule has 0 aliphatic carbocycles. The van der Waals surface area contributed by atoms with Crippen LogP contribution in [0.15, 0.2) is 65.5 Å². The molecule has 0 radical (unpaired) electrons. The first-order valence-electron chi connectivity index (χ1n) is 7.72. The summed E-state index contributed by atoms with van der Waals surface area (Å²) in [5, 5.41) is 2.77. The molecule has 4 heteroatoms. The Morgan fingerprint density at radius 3 is 2.33 bits per heavy atom. The van der Waals surface area contributed by atoms with Crippen LogP contribution in [-0.2, 0) is 0 Å². The third kappa shape index (κ3) is 3.27. The van der Waals surface area contributed by atoms with Crippen LogP contribution in [0.1, 0.15) is 21.5 Å². The minimum Gasteiger partial charge on any atom is -0.322 e. The molecule has 0 saturated carbocycles. The Morgan fingerprint density at radius 2 is 1.67 bits per heavy atom. The number of rotatable bonds is 3. The maximum Gasteiger partial charge on any atom is 0.261 e. The number of pyridine rings is 1. The van der Waals surface area contributed by atoms with Gasteiger partial charge >= 0.3 is 0 Å². The number of aromatic nitrogens is 1. The molecular weight excluding hydrogens is 300 g/mol. The number of hydrogen-bond acceptors (Lipinski definition) is 2. The van der Waals surface area contributed by atoms with Gasteiger partial charge in [0, 0.05) is 11.4 Å². The Labute approximate surface area is 140 Å². The second-order valence-corrected chi connectivity index (χ2v) is 5.73. The van der Waals surface area contributed by atoms with Gasteiger partial charge < -0.3 is 10.3 Å². The van der Waals surface area contributed by atoms with Crippen molar-refractivity contribution in [2.24, 2.45) is 0 Å². The van der Waals surface area contributed by atoms with Crippen molar-refractivity contribution in [3.8, 4) is 11.3 Å². The van der Waals surface area contributed by atoms with Gasteiger partial charge in [-0.3, -0.25) is 9.59 Å². The molecule has 4 nitrogen and oxygen atoms in total. The van der Waals surface area contributed by atoms with E-state index in [-0.39, 0.29) is 5.56 Å². The van der Waals surface area contributed by atoms with Gasteiger partial charge in [-0.05, 0) is 54.8 Å². The minimum absolute atomic E-state index is 0.0907. The SMILES string of the molecule is Cc1ccc(NC(=O)c2ccc(-c3ccccc3)[nH]c2=O)cc1C. The van der Waals surface area contributed by atoms with Crippen LogP contribution in [0.25, 0.3) is 11.3 Å². The fraction of sp³-hybridized carbons (Fsp3) is 0.100. The van der Waals surface area contributed by atoms with Gasteiger partial charge in [-0.15, -0.1) is 0 Å². The Kier molecular flexibility index (Phi) is 4.29. The maximum atomic E-state index is 12.3. The number of H-pyrrole nitrogens is 1. The Bertz CT molecular complexity index is 943. The van der Waals surface area contributed by atoms with E-state index in [4.69, 9.17) is 0 Å². The normalized spacial score (nSPS) is 10.4. The van der Waals surface area contributed by atoms with Crippen LogP contribution >= 0.6 is 0 Å². The lowest BCUT2D eigenvalue weighted by molar-refractivity contribution is 0.102. The summed E-state index contributed by atoms with van der Waals surface area (Å²) in [7, 11) is 0. The van der Waals surface area contributed by atoms with Crippen molar-refractivity contribution in [2.75, 3.05) is 5.32 Å². The summed E-state index contributed by atoms with van der Waals surface area (Å²) in [5.41, 5.74) is 4.18. The predicted octanol–water partition coefficient (Wildman–Crippen LogP) is 3.91.